The number of carbonyl (C=O) groups excluding carboxylic acids is 2. The van der Waals surface area contributed by atoms with E-state index in [2.05, 4.69) is 13.3 Å². The topological polar surface area (TPSA) is 43.4 Å². The first-order chi connectivity index (χ1) is 11.5. The molecule has 129 valence electrons. The van der Waals surface area contributed by atoms with Crippen molar-refractivity contribution in [2.24, 2.45) is 29.1 Å². The summed E-state index contributed by atoms with van der Waals surface area (Å²) in [6.45, 7) is 2.41. The molecule has 1 heterocycles. The first kappa shape index (κ1) is 15.2. The Bertz CT molecular complexity index is 635. The molecule has 5 rings (SSSR count). The number of esters is 1. The summed E-state index contributed by atoms with van der Waals surface area (Å²) in [5.41, 5.74) is 1.38. The van der Waals surface area contributed by atoms with Gasteiger partial charge in [-0.05, 0) is 81.1 Å². The second kappa shape index (κ2) is 4.95. The lowest BCUT2D eigenvalue weighted by atomic mass is 9.50. The SMILES string of the molecule is C[C@]12CCC3C([CH]CC4=CC(=O)CC[C@@H]43)C1CCC21CCC(=O)O1. The molecular weight excluding hydrogens is 300 g/mol. The zero-order chi connectivity index (χ0) is 16.5. The van der Waals surface area contributed by atoms with E-state index in [1.807, 2.05) is 6.08 Å². The number of hydrogen-bond donors (Lipinski definition) is 0. The summed E-state index contributed by atoms with van der Waals surface area (Å²) in [4.78, 5) is 23.6. The molecule has 1 spiro atoms. The first-order valence-electron chi connectivity index (χ1n) is 9.81. The molecule has 0 amide bonds. The lowest BCUT2D eigenvalue weighted by molar-refractivity contribution is -0.164. The van der Waals surface area contributed by atoms with E-state index in [9.17, 15) is 9.59 Å². The van der Waals surface area contributed by atoms with Gasteiger partial charge in [0.1, 0.15) is 5.60 Å². The normalized spacial score (nSPS) is 50.1. The maximum absolute atomic E-state index is 11.9. The van der Waals surface area contributed by atoms with Crippen LogP contribution in [0.3, 0.4) is 0 Å². The van der Waals surface area contributed by atoms with Crippen LogP contribution in [0.2, 0.25) is 0 Å². The molecule has 3 saturated carbocycles. The Morgan fingerprint density at radius 3 is 2.75 bits per heavy atom. The molecule has 1 saturated heterocycles. The highest BCUT2D eigenvalue weighted by Crippen LogP contribution is 2.67. The molecular formula is C21H27O3. The van der Waals surface area contributed by atoms with Crippen LogP contribution in [0, 0.1) is 35.5 Å². The van der Waals surface area contributed by atoms with Gasteiger partial charge in [-0.1, -0.05) is 12.5 Å². The zero-order valence-electron chi connectivity index (χ0n) is 14.6. The fraction of sp³-hybridized carbons (Fsp3) is 0.762. The fourth-order valence-electron chi connectivity index (χ4n) is 7.17. The van der Waals surface area contributed by atoms with E-state index in [1.165, 1.54) is 24.8 Å². The molecule has 0 aromatic carbocycles. The molecule has 1 aliphatic heterocycles. The molecule has 0 N–H and O–H groups in total. The maximum Gasteiger partial charge on any atom is 0.306 e. The predicted octanol–water partition coefficient (Wildman–Crippen LogP) is 4.02. The highest BCUT2D eigenvalue weighted by molar-refractivity contribution is 5.91. The molecule has 0 aromatic heterocycles. The number of hydrogen-bond acceptors (Lipinski definition) is 3. The summed E-state index contributed by atoms with van der Waals surface area (Å²) < 4.78 is 5.97. The molecule has 3 nitrogen and oxygen atoms in total. The van der Waals surface area contributed by atoms with Gasteiger partial charge in [-0.2, -0.15) is 0 Å². The van der Waals surface area contributed by atoms with Crippen molar-refractivity contribution in [1.29, 1.82) is 0 Å². The molecule has 4 fully saturated rings. The highest BCUT2D eigenvalue weighted by Gasteiger charge is 2.65. The molecule has 5 aliphatic rings. The summed E-state index contributed by atoms with van der Waals surface area (Å²) in [6, 6.07) is 0. The van der Waals surface area contributed by atoms with Crippen LogP contribution in [0.15, 0.2) is 11.6 Å². The van der Waals surface area contributed by atoms with Crippen molar-refractivity contribution in [2.45, 2.75) is 70.3 Å². The Kier molecular flexibility index (Phi) is 3.13. The second-order valence-corrected chi connectivity index (χ2v) is 9.08. The number of ether oxygens (including phenoxy) is 1. The van der Waals surface area contributed by atoms with Crippen molar-refractivity contribution >= 4 is 11.8 Å². The Hall–Kier alpha value is -1.12. The van der Waals surface area contributed by atoms with Crippen LogP contribution in [0.5, 0.6) is 0 Å². The van der Waals surface area contributed by atoms with Crippen molar-refractivity contribution in [2.75, 3.05) is 0 Å². The van der Waals surface area contributed by atoms with E-state index in [4.69, 9.17) is 4.74 Å². The predicted molar refractivity (Wildman–Crippen MR) is 89.8 cm³/mol. The van der Waals surface area contributed by atoms with Gasteiger partial charge in [0, 0.05) is 18.3 Å². The average molecular weight is 327 g/mol. The van der Waals surface area contributed by atoms with Gasteiger partial charge in [0.25, 0.3) is 0 Å². The highest BCUT2D eigenvalue weighted by atomic mass is 16.6. The molecule has 4 unspecified atom stereocenters. The summed E-state index contributed by atoms with van der Waals surface area (Å²) >= 11 is 0. The standard InChI is InChI=1S/C21H27O3/c1-20-9-6-16-15-5-3-14(22)12-13(15)2-4-17(16)18(20)7-10-21(20)11-8-19(23)24-21/h4,12,15-18H,2-3,5-11H2,1H3/t15-,16?,17?,18?,20-,21?/m0/s1. The summed E-state index contributed by atoms with van der Waals surface area (Å²) in [5.74, 6) is 2.99. The van der Waals surface area contributed by atoms with E-state index in [-0.39, 0.29) is 17.0 Å². The number of carbonyl (C=O) groups is 2. The van der Waals surface area contributed by atoms with Crippen molar-refractivity contribution in [3.63, 3.8) is 0 Å². The van der Waals surface area contributed by atoms with Crippen molar-refractivity contribution < 1.29 is 14.3 Å². The molecule has 1 radical (unpaired) electrons. The Morgan fingerprint density at radius 2 is 1.96 bits per heavy atom. The molecule has 4 aliphatic carbocycles. The Balaban J connectivity index is 1.45. The monoisotopic (exact) mass is 327 g/mol. The third kappa shape index (κ3) is 1.84. The minimum atomic E-state index is -0.174. The van der Waals surface area contributed by atoms with Gasteiger partial charge in [0.05, 0.1) is 0 Å². The third-order valence-electron chi connectivity index (χ3n) is 8.38. The second-order valence-electron chi connectivity index (χ2n) is 9.08. The van der Waals surface area contributed by atoms with Crippen LogP contribution in [-0.4, -0.2) is 17.4 Å². The average Bonchev–Trinajstić information content (AvgIpc) is 3.08. The van der Waals surface area contributed by atoms with Crippen LogP contribution in [-0.2, 0) is 14.3 Å². The van der Waals surface area contributed by atoms with Crippen LogP contribution >= 0.6 is 0 Å². The first-order valence-corrected chi connectivity index (χ1v) is 9.81. The van der Waals surface area contributed by atoms with E-state index < -0.39 is 0 Å². The number of rotatable bonds is 0. The molecule has 3 heteroatoms. The summed E-state index contributed by atoms with van der Waals surface area (Å²) in [5, 5.41) is 0. The van der Waals surface area contributed by atoms with Crippen molar-refractivity contribution in [3.8, 4) is 0 Å². The smallest absolute Gasteiger partial charge is 0.306 e. The maximum atomic E-state index is 11.9. The van der Waals surface area contributed by atoms with Crippen molar-refractivity contribution in [1.82, 2.24) is 0 Å². The fourth-order valence-corrected chi connectivity index (χ4v) is 7.17. The molecule has 0 aromatic rings. The van der Waals surface area contributed by atoms with Gasteiger partial charge in [-0.3, -0.25) is 9.59 Å². The minimum absolute atomic E-state index is 0.0163. The van der Waals surface area contributed by atoms with Gasteiger partial charge < -0.3 is 4.74 Å². The van der Waals surface area contributed by atoms with Crippen LogP contribution in [0.4, 0.5) is 0 Å². The largest absolute Gasteiger partial charge is 0.458 e. The minimum Gasteiger partial charge on any atom is -0.458 e. The van der Waals surface area contributed by atoms with E-state index >= 15 is 0 Å². The Labute approximate surface area is 144 Å². The summed E-state index contributed by atoms with van der Waals surface area (Å²) in [6.07, 6.45) is 13.5. The van der Waals surface area contributed by atoms with Gasteiger partial charge >= 0.3 is 5.97 Å². The van der Waals surface area contributed by atoms with E-state index in [0.29, 0.717) is 35.9 Å². The van der Waals surface area contributed by atoms with E-state index in [1.54, 1.807) is 0 Å². The van der Waals surface area contributed by atoms with Crippen LogP contribution in [0.25, 0.3) is 0 Å². The number of ketones is 1. The molecule has 0 bridgehead atoms. The lowest BCUT2D eigenvalue weighted by Gasteiger charge is -2.55. The number of fused-ring (bicyclic) bond motifs is 6. The van der Waals surface area contributed by atoms with Crippen LogP contribution < -0.4 is 0 Å². The number of allylic oxidation sites excluding steroid dienone is 1. The third-order valence-corrected chi connectivity index (χ3v) is 8.38. The summed E-state index contributed by atoms with van der Waals surface area (Å²) in [7, 11) is 0. The quantitative estimate of drug-likeness (QED) is 0.631. The molecule has 24 heavy (non-hydrogen) atoms. The lowest BCUT2D eigenvalue weighted by Crippen LogP contribution is -2.52. The van der Waals surface area contributed by atoms with Crippen LogP contribution in [0.1, 0.15) is 64.7 Å². The van der Waals surface area contributed by atoms with Gasteiger partial charge in [0.2, 0.25) is 0 Å². The Morgan fingerprint density at radius 1 is 1.08 bits per heavy atom. The molecule has 6 atom stereocenters. The van der Waals surface area contributed by atoms with Gasteiger partial charge in [0.15, 0.2) is 5.78 Å². The van der Waals surface area contributed by atoms with Gasteiger partial charge in [-0.25, -0.2) is 0 Å². The zero-order valence-corrected chi connectivity index (χ0v) is 14.6. The van der Waals surface area contributed by atoms with Crippen molar-refractivity contribution in [3.05, 3.63) is 18.1 Å². The van der Waals surface area contributed by atoms with E-state index in [0.717, 1.165) is 32.1 Å². The van der Waals surface area contributed by atoms with Gasteiger partial charge in [-0.15, -0.1) is 0 Å².